The number of carbonyl (C=O) groups is 1. The molecule has 2 heterocycles. The van der Waals surface area contributed by atoms with Crippen molar-refractivity contribution in [2.24, 2.45) is 0 Å². The van der Waals surface area contributed by atoms with Crippen LogP contribution in [0.3, 0.4) is 0 Å². The highest BCUT2D eigenvalue weighted by Crippen LogP contribution is 2.16. The van der Waals surface area contributed by atoms with Crippen molar-refractivity contribution >= 4 is 29.0 Å². The van der Waals surface area contributed by atoms with Crippen molar-refractivity contribution in [3.05, 3.63) is 35.3 Å². The molecule has 0 saturated heterocycles. The average molecular weight is 267 g/mol. The number of nitrogens with zero attached hydrogens (tertiary/aromatic N) is 2. The van der Waals surface area contributed by atoms with Gasteiger partial charge in [-0.2, -0.15) is 0 Å². The minimum atomic E-state index is -0.304. The first-order chi connectivity index (χ1) is 8.69. The molecule has 0 aliphatic heterocycles. The molecule has 2 rings (SSSR count). The maximum atomic E-state index is 11.9. The second kappa shape index (κ2) is 5.50. The van der Waals surface area contributed by atoms with Gasteiger partial charge in [-0.1, -0.05) is 16.8 Å². The maximum absolute atomic E-state index is 11.9. The summed E-state index contributed by atoms with van der Waals surface area (Å²) in [5, 5.41) is 9.37. The Labute approximate surface area is 108 Å². The number of nitrogens with one attached hydrogen (secondary N) is 2. The lowest BCUT2D eigenvalue weighted by atomic mass is 10.2. The molecule has 0 unspecified atom stereocenters. The van der Waals surface area contributed by atoms with E-state index in [1.54, 1.807) is 6.07 Å². The molecule has 2 N–H and O–H groups in total. The van der Waals surface area contributed by atoms with Gasteiger partial charge in [0.05, 0.1) is 6.20 Å². The van der Waals surface area contributed by atoms with Gasteiger partial charge >= 0.3 is 0 Å². The van der Waals surface area contributed by atoms with Gasteiger partial charge < -0.3 is 15.2 Å². The van der Waals surface area contributed by atoms with E-state index in [-0.39, 0.29) is 11.1 Å². The van der Waals surface area contributed by atoms with E-state index in [4.69, 9.17) is 11.6 Å². The van der Waals surface area contributed by atoms with Gasteiger partial charge in [0.15, 0.2) is 0 Å². The first-order valence-electron chi connectivity index (χ1n) is 5.31. The molecule has 2 aromatic heterocycles. The SMILES string of the molecule is CCNc1cc(C(=O)Nc2cnoc2)cc(Cl)n1. The molecular weight excluding hydrogens is 256 g/mol. The fourth-order valence-electron chi connectivity index (χ4n) is 1.37. The topological polar surface area (TPSA) is 80.0 Å². The molecule has 0 aliphatic rings. The van der Waals surface area contributed by atoms with Crippen molar-refractivity contribution in [1.29, 1.82) is 0 Å². The summed E-state index contributed by atoms with van der Waals surface area (Å²) in [6.45, 7) is 2.62. The molecule has 6 nitrogen and oxygen atoms in total. The predicted octanol–water partition coefficient (Wildman–Crippen LogP) is 2.41. The summed E-state index contributed by atoms with van der Waals surface area (Å²) in [6.07, 6.45) is 2.75. The first-order valence-corrected chi connectivity index (χ1v) is 5.69. The third-order valence-electron chi connectivity index (χ3n) is 2.10. The minimum Gasteiger partial charge on any atom is -0.370 e. The molecule has 7 heteroatoms. The van der Waals surface area contributed by atoms with E-state index in [1.807, 2.05) is 6.92 Å². The third kappa shape index (κ3) is 2.98. The summed E-state index contributed by atoms with van der Waals surface area (Å²) in [6, 6.07) is 3.11. The van der Waals surface area contributed by atoms with Crippen LogP contribution in [0, 0.1) is 0 Å². The largest absolute Gasteiger partial charge is 0.370 e. The maximum Gasteiger partial charge on any atom is 0.256 e. The van der Waals surface area contributed by atoms with Crippen LogP contribution in [0.1, 0.15) is 17.3 Å². The summed E-state index contributed by atoms with van der Waals surface area (Å²) in [5.74, 6) is 0.252. The molecule has 0 atom stereocenters. The summed E-state index contributed by atoms with van der Waals surface area (Å²) in [7, 11) is 0. The lowest BCUT2D eigenvalue weighted by Crippen LogP contribution is -2.12. The van der Waals surface area contributed by atoms with Gasteiger partial charge in [0, 0.05) is 12.1 Å². The molecule has 0 aromatic carbocycles. The molecule has 94 valence electrons. The normalized spacial score (nSPS) is 10.1. The van der Waals surface area contributed by atoms with Gasteiger partial charge in [-0.25, -0.2) is 4.98 Å². The highest BCUT2D eigenvalue weighted by Gasteiger charge is 2.10. The molecule has 1 amide bonds. The van der Waals surface area contributed by atoms with Gasteiger partial charge in [-0.3, -0.25) is 4.79 Å². The highest BCUT2D eigenvalue weighted by atomic mass is 35.5. The highest BCUT2D eigenvalue weighted by molar-refractivity contribution is 6.30. The standard InChI is InChI=1S/C11H11ClN4O2/c1-2-13-10-4-7(3-9(12)16-10)11(17)15-8-5-14-18-6-8/h3-6H,2H2,1H3,(H,13,16)(H,15,17). The van der Waals surface area contributed by atoms with E-state index in [9.17, 15) is 4.79 Å². The van der Waals surface area contributed by atoms with Crippen LogP contribution >= 0.6 is 11.6 Å². The lowest BCUT2D eigenvalue weighted by Gasteiger charge is -2.06. The van der Waals surface area contributed by atoms with Crippen LogP contribution in [-0.2, 0) is 0 Å². The fourth-order valence-corrected chi connectivity index (χ4v) is 1.58. The molecule has 0 spiro atoms. The van der Waals surface area contributed by atoms with Crippen molar-refractivity contribution < 1.29 is 9.32 Å². The second-order valence-electron chi connectivity index (χ2n) is 3.46. The average Bonchev–Trinajstić information content (AvgIpc) is 2.81. The van der Waals surface area contributed by atoms with Gasteiger partial charge in [-0.15, -0.1) is 0 Å². The molecule has 18 heavy (non-hydrogen) atoms. The fraction of sp³-hybridized carbons (Fsp3) is 0.182. The Kier molecular flexibility index (Phi) is 3.78. The Morgan fingerprint density at radius 1 is 1.50 bits per heavy atom. The zero-order valence-electron chi connectivity index (χ0n) is 9.61. The van der Waals surface area contributed by atoms with Crippen LogP contribution in [0.4, 0.5) is 11.5 Å². The summed E-state index contributed by atoms with van der Waals surface area (Å²) in [4.78, 5) is 16.0. The van der Waals surface area contributed by atoms with Crippen LogP contribution in [-0.4, -0.2) is 22.6 Å². The number of hydrogen-bond donors (Lipinski definition) is 2. The number of pyridine rings is 1. The summed E-state index contributed by atoms with van der Waals surface area (Å²) >= 11 is 5.85. The molecule has 0 fully saturated rings. The Balaban J connectivity index is 2.19. The Morgan fingerprint density at radius 2 is 2.33 bits per heavy atom. The number of amides is 1. The van der Waals surface area contributed by atoms with Crippen LogP contribution in [0.2, 0.25) is 5.15 Å². The van der Waals surface area contributed by atoms with E-state index in [1.165, 1.54) is 18.5 Å². The first kappa shape index (κ1) is 12.4. The smallest absolute Gasteiger partial charge is 0.256 e. The second-order valence-corrected chi connectivity index (χ2v) is 3.85. The zero-order chi connectivity index (χ0) is 13.0. The third-order valence-corrected chi connectivity index (χ3v) is 2.30. The van der Waals surface area contributed by atoms with E-state index < -0.39 is 0 Å². The van der Waals surface area contributed by atoms with Crippen LogP contribution < -0.4 is 10.6 Å². The van der Waals surface area contributed by atoms with Gasteiger partial charge in [0.1, 0.15) is 22.9 Å². The van der Waals surface area contributed by atoms with Gasteiger partial charge in [-0.05, 0) is 19.1 Å². The van der Waals surface area contributed by atoms with Crippen molar-refractivity contribution in [2.75, 3.05) is 17.2 Å². The van der Waals surface area contributed by atoms with E-state index in [2.05, 4.69) is 25.3 Å². The summed E-state index contributed by atoms with van der Waals surface area (Å²) < 4.78 is 4.62. The number of rotatable bonds is 4. The predicted molar refractivity (Wildman–Crippen MR) is 67.9 cm³/mol. The Hall–Kier alpha value is -2.08. The Bertz CT molecular complexity index is 542. The summed E-state index contributed by atoms with van der Waals surface area (Å²) in [5.41, 5.74) is 0.894. The van der Waals surface area contributed by atoms with Crippen molar-refractivity contribution in [3.8, 4) is 0 Å². The number of anilines is 2. The molecule has 0 radical (unpaired) electrons. The quantitative estimate of drug-likeness (QED) is 0.831. The molecular formula is C11H11ClN4O2. The number of aromatic nitrogens is 2. The molecule has 0 saturated carbocycles. The Morgan fingerprint density at radius 3 is 3.00 bits per heavy atom. The molecule has 0 aliphatic carbocycles. The molecule has 0 bridgehead atoms. The lowest BCUT2D eigenvalue weighted by molar-refractivity contribution is 0.102. The van der Waals surface area contributed by atoms with Gasteiger partial charge in [0.2, 0.25) is 0 Å². The van der Waals surface area contributed by atoms with Crippen molar-refractivity contribution in [2.45, 2.75) is 6.92 Å². The van der Waals surface area contributed by atoms with Crippen LogP contribution in [0.5, 0.6) is 0 Å². The number of halogens is 1. The zero-order valence-corrected chi connectivity index (χ0v) is 10.4. The van der Waals surface area contributed by atoms with E-state index in [0.29, 0.717) is 23.6 Å². The van der Waals surface area contributed by atoms with Crippen LogP contribution in [0.25, 0.3) is 0 Å². The molecule has 2 aromatic rings. The van der Waals surface area contributed by atoms with Gasteiger partial charge in [0.25, 0.3) is 5.91 Å². The minimum absolute atomic E-state index is 0.254. The monoisotopic (exact) mass is 266 g/mol. The van der Waals surface area contributed by atoms with Crippen LogP contribution in [0.15, 0.2) is 29.1 Å². The van der Waals surface area contributed by atoms with E-state index in [0.717, 1.165) is 0 Å². The van der Waals surface area contributed by atoms with Crippen molar-refractivity contribution in [1.82, 2.24) is 10.1 Å². The number of hydrogen-bond acceptors (Lipinski definition) is 5. The number of carbonyl (C=O) groups excluding carboxylic acids is 1. The van der Waals surface area contributed by atoms with E-state index >= 15 is 0 Å². The van der Waals surface area contributed by atoms with Crippen molar-refractivity contribution in [3.63, 3.8) is 0 Å².